The first-order chi connectivity index (χ1) is 6.95. The van der Waals surface area contributed by atoms with Crippen LogP contribution in [0.5, 0.6) is 0 Å². The molecule has 0 heterocycles. The Morgan fingerprint density at radius 3 is 2.73 bits per heavy atom. The fourth-order valence-corrected chi connectivity index (χ4v) is 3.33. The predicted molar refractivity (Wildman–Crippen MR) is 62.5 cm³/mol. The van der Waals surface area contributed by atoms with Crippen molar-refractivity contribution in [3.8, 4) is 0 Å². The van der Waals surface area contributed by atoms with Crippen LogP contribution >= 0.6 is 0 Å². The SMILES string of the molecule is CC1=CCC2(C)C(=O)C(C)C(C)CC2C1. The third-order valence-electron chi connectivity index (χ3n) is 4.83. The molecule has 2 aliphatic rings. The minimum absolute atomic E-state index is 0.0502. The summed E-state index contributed by atoms with van der Waals surface area (Å²) in [6.45, 7) is 8.73. The van der Waals surface area contributed by atoms with Gasteiger partial charge >= 0.3 is 0 Å². The summed E-state index contributed by atoms with van der Waals surface area (Å²) < 4.78 is 0. The molecule has 0 aromatic carbocycles. The second-order valence-electron chi connectivity index (χ2n) is 5.94. The number of ketones is 1. The molecule has 2 rings (SSSR count). The van der Waals surface area contributed by atoms with Gasteiger partial charge < -0.3 is 0 Å². The Balaban J connectivity index is 2.32. The smallest absolute Gasteiger partial charge is 0.142 e. The van der Waals surface area contributed by atoms with Crippen LogP contribution in [0.15, 0.2) is 11.6 Å². The first-order valence-electron chi connectivity index (χ1n) is 6.15. The van der Waals surface area contributed by atoms with Gasteiger partial charge in [-0.15, -0.1) is 0 Å². The molecule has 0 N–H and O–H groups in total. The Morgan fingerprint density at radius 1 is 1.40 bits per heavy atom. The largest absolute Gasteiger partial charge is 0.299 e. The number of allylic oxidation sites excluding steroid dienone is 2. The first-order valence-corrected chi connectivity index (χ1v) is 6.15. The summed E-state index contributed by atoms with van der Waals surface area (Å²) in [5.41, 5.74) is 1.43. The molecule has 0 aliphatic heterocycles. The summed E-state index contributed by atoms with van der Waals surface area (Å²) in [7, 11) is 0. The number of carbonyl (C=O) groups excluding carboxylic acids is 1. The second-order valence-corrected chi connectivity index (χ2v) is 5.94. The van der Waals surface area contributed by atoms with E-state index in [-0.39, 0.29) is 11.3 Å². The van der Waals surface area contributed by atoms with Gasteiger partial charge in [0.05, 0.1) is 0 Å². The van der Waals surface area contributed by atoms with Crippen molar-refractivity contribution in [2.24, 2.45) is 23.2 Å². The number of carbonyl (C=O) groups is 1. The summed E-state index contributed by atoms with van der Waals surface area (Å²) in [5.74, 6) is 1.94. The van der Waals surface area contributed by atoms with E-state index in [0.29, 0.717) is 17.6 Å². The van der Waals surface area contributed by atoms with Crippen molar-refractivity contribution in [3.63, 3.8) is 0 Å². The molecule has 0 spiro atoms. The summed E-state index contributed by atoms with van der Waals surface area (Å²) in [6.07, 6.45) is 5.62. The molecular weight excluding hydrogens is 184 g/mol. The van der Waals surface area contributed by atoms with Crippen LogP contribution in [0.1, 0.15) is 47.0 Å². The molecule has 15 heavy (non-hydrogen) atoms. The minimum Gasteiger partial charge on any atom is -0.299 e. The lowest BCUT2D eigenvalue weighted by Crippen LogP contribution is -2.47. The first kappa shape index (κ1) is 10.9. The van der Waals surface area contributed by atoms with Crippen LogP contribution in [-0.4, -0.2) is 5.78 Å². The summed E-state index contributed by atoms with van der Waals surface area (Å²) in [6, 6.07) is 0. The van der Waals surface area contributed by atoms with Gasteiger partial charge in [0.25, 0.3) is 0 Å². The van der Waals surface area contributed by atoms with Crippen molar-refractivity contribution >= 4 is 5.78 Å². The van der Waals surface area contributed by atoms with E-state index >= 15 is 0 Å². The van der Waals surface area contributed by atoms with E-state index in [0.717, 1.165) is 12.8 Å². The third-order valence-corrected chi connectivity index (χ3v) is 4.83. The zero-order valence-electron chi connectivity index (χ0n) is 10.3. The van der Waals surface area contributed by atoms with Crippen LogP contribution in [0, 0.1) is 23.2 Å². The highest BCUT2D eigenvalue weighted by Crippen LogP contribution is 2.50. The molecule has 1 fully saturated rings. The quantitative estimate of drug-likeness (QED) is 0.553. The second kappa shape index (κ2) is 3.47. The highest BCUT2D eigenvalue weighted by Gasteiger charge is 2.49. The molecule has 0 amide bonds. The monoisotopic (exact) mass is 206 g/mol. The molecule has 1 heteroatoms. The number of hydrogen-bond acceptors (Lipinski definition) is 1. The molecule has 1 saturated carbocycles. The van der Waals surface area contributed by atoms with Gasteiger partial charge in [0, 0.05) is 11.3 Å². The van der Waals surface area contributed by atoms with Crippen molar-refractivity contribution in [1.82, 2.24) is 0 Å². The van der Waals surface area contributed by atoms with Crippen LogP contribution in [0.3, 0.4) is 0 Å². The Bertz CT molecular complexity index is 315. The highest BCUT2D eigenvalue weighted by molar-refractivity contribution is 5.88. The van der Waals surface area contributed by atoms with Crippen LogP contribution in [-0.2, 0) is 4.79 Å². The molecule has 2 aliphatic carbocycles. The number of rotatable bonds is 0. The van der Waals surface area contributed by atoms with Crippen LogP contribution in [0.2, 0.25) is 0 Å². The molecule has 4 unspecified atom stereocenters. The van der Waals surface area contributed by atoms with Gasteiger partial charge in [0.1, 0.15) is 5.78 Å². The van der Waals surface area contributed by atoms with Crippen molar-refractivity contribution in [2.75, 3.05) is 0 Å². The van der Waals surface area contributed by atoms with Crippen molar-refractivity contribution in [1.29, 1.82) is 0 Å². The average molecular weight is 206 g/mol. The van der Waals surface area contributed by atoms with Crippen molar-refractivity contribution in [2.45, 2.75) is 47.0 Å². The number of Topliss-reactive ketones (excluding diaryl/α,β-unsaturated/α-hetero) is 1. The molecule has 0 aromatic heterocycles. The van der Waals surface area contributed by atoms with E-state index in [4.69, 9.17) is 0 Å². The van der Waals surface area contributed by atoms with Crippen molar-refractivity contribution in [3.05, 3.63) is 11.6 Å². The van der Waals surface area contributed by atoms with Crippen LogP contribution in [0.4, 0.5) is 0 Å². The van der Waals surface area contributed by atoms with Gasteiger partial charge in [0.2, 0.25) is 0 Å². The van der Waals surface area contributed by atoms with Gasteiger partial charge in [0.15, 0.2) is 0 Å². The van der Waals surface area contributed by atoms with E-state index in [1.165, 1.54) is 12.0 Å². The fraction of sp³-hybridized carbons (Fsp3) is 0.786. The Hall–Kier alpha value is -0.590. The lowest BCUT2D eigenvalue weighted by molar-refractivity contribution is -0.141. The van der Waals surface area contributed by atoms with E-state index in [1.54, 1.807) is 0 Å². The minimum atomic E-state index is -0.0502. The molecule has 0 saturated heterocycles. The molecule has 1 nitrogen and oxygen atoms in total. The highest BCUT2D eigenvalue weighted by atomic mass is 16.1. The van der Waals surface area contributed by atoms with E-state index in [1.807, 2.05) is 0 Å². The molecule has 0 radical (unpaired) electrons. The van der Waals surface area contributed by atoms with Gasteiger partial charge in [-0.3, -0.25) is 4.79 Å². The maximum absolute atomic E-state index is 12.4. The average Bonchev–Trinajstić information content (AvgIpc) is 2.19. The van der Waals surface area contributed by atoms with Crippen molar-refractivity contribution < 1.29 is 4.79 Å². The van der Waals surface area contributed by atoms with E-state index in [2.05, 4.69) is 33.8 Å². The Labute approximate surface area is 92.9 Å². The number of fused-ring (bicyclic) bond motifs is 1. The maximum Gasteiger partial charge on any atom is 0.142 e. The molecule has 0 aromatic rings. The molecule has 84 valence electrons. The lowest BCUT2D eigenvalue weighted by Gasteiger charge is -2.47. The lowest BCUT2D eigenvalue weighted by atomic mass is 9.55. The maximum atomic E-state index is 12.4. The zero-order valence-corrected chi connectivity index (χ0v) is 10.3. The van der Waals surface area contributed by atoms with Crippen LogP contribution < -0.4 is 0 Å². The molecular formula is C14H22O. The van der Waals surface area contributed by atoms with Gasteiger partial charge in [-0.2, -0.15) is 0 Å². The van der Waals surface area contributed by atoms with E-state index < -0.39 is 0 Å². The standard InChI is InChI=1S/C14H22O/c1-9-5-6-14(4)12(7-9)8-10(2)11(3)13(14)15/h5,10-12H,6-8H2,1-4H3. The van der Waals surface area contributed by atoms with Gasteiger partial charge in [-0.05, 0) is 38.0 Å². The van der Waals surface area contributed by atoms with E-state index in [9.17, 15) is 4.79 Å². The molecule has 4 atom stereocenters. The Morgan fingerprint density at radius 2 is 2.07 bits per heavy atom. The topological polar surface area (TPSA) is 17.1 Å². The zero-order chi connectivity index (χ0) is 11.2. The molecule has 0 bridgehead atoms. The fourth-order valence-electron chi connectivity index (χ4n) is 3.33. The van der Waals surface area contributed by atoms with Gasteiger partial charge in [-0.1, -0.05) is 32.4 Å². The Kier molecular flexibility index (Phi) is 2.52. The van der Waals surface area contributed by atoms with Crippen LogP contribution in [0.25, 0.3) is 0 Å². The summed E-state index contributed by atoms with van der Waals surface area (Å²) in [5, 5.41) is 0. The number of hydrogen-bond donors (Lipinski definition) is 0. The predicted octanol–water partition coefficient (Wildman–Crippen LogP) is 3.59. The van der Waals surface area contributed by atoms with Gasteiger partial charge in [-0.25, -0.2) is 0 Å². The normalized spacial score (nSPS) is 46.0. The summed E-state index contributed by atoms with van der Waals surface area (Å²) >= 11 is 0. The third kappa shape index (κ3) is 1.56. The summed E-state index contributed by atoms with van der Waals surface area (Å²) in [4.78, 5) is 12.4.